The fourth-order valence-electron chi connectivity index (χ4n) is 4.63. The molecule has 190 valence electrons. The van der Waals surface area contributed by atoms with Crippen LogP contribution in [0.4, 0.5) is 0 Å². The zero-order valence-electron chi connectivity index (χ0n) is 20.4. The molecule has 0 fully saturated rings. The van der Waals surface area contributed by atoms with Crippen molar-refractivity contribution in [2.75, 3.05) is 6.61 Å². The van der Waals surface area contributed by atoms with Crippen LogP contribution in [0.5, 0.6) is 0 Å². The van der Waals surface area contributed by atoms with E-state index in [4.69, 9.17) is 16.2 Å². The van der Waals surface area contributed by atoms with Gasteiger partial charge in [0.1, 0.15) is 12.6 Å². The predicted octanol–water partition coefficient (Wildman–Crippen LogP) is 2.09. The Morgan fingerprint density at radius 1 is 0.865 bits per heavy atom. The molecule has 0 heterocycles. The molecule has 0 saturated carbocycles. The third kappa shape index (κ3) is 5.59. The number of fused-ring (bicyclic) bond motifs is 3. The maximum Gasteiger partial charge on any atom is 0.376 e. The Morgan fingerprint density at radius 2 is 1.41 bits per heavy atom. The lowest BCUT2D eigenvalue weighted by Gasteiger charge is -2.23. The van der Waals surface area contributed by atoms with Crippen molar-refractivity contribution in [1.82, 2.24) is 5.32 Å². The van der Waals surface area contributed by atoms with Crippen LogP contribution in [0.3, 0.4) is 0 Å². The average Bonchev–Trinajstić information content (AvgIpc) is 3.23. The molecule has 2 amide bonds. The summed E-state index contributed by atoms with van der Waals surface area (Å²) in [5, 5.41) is 2.48. The van der Waals surface area contributed by atoms with E-state index in [9.17, 15) is 19.2 Å². The highest BCUT2D eigenvalue weighted by atomic mass is 16.5. The molecule has 0 radical (unpaired) electrons. The van der Waals surface area contributed by atoms with Gasteiger partial charge < -0.3 is 21.5 Å². The molecule has 8 nitrogen and oxygen atoms in total. The zero-order valence-corrected chi connectivity index (χ0v) is 20.4. The highest BCUT2D eigenvalue weighted by Crippen LogP contribution is 2.44. The number of hydrogen-bond acceptors (Lipinski definition) is 6. The molecule has 0 saturated heterocycles. The SMILES string of the molecule is C[C@@H](NC(=O)C(Cc1ccccc1)[C@H](N)C(=O)C(=O)OCC1c2ccccc2-c2ccccc21)C(N)=O. The first-order chi connectivity index (χ1) is 17.8. The number of hydrogen-bond donors (Lipinski definition) is 3. The number of benzene rings is 3. The largest absolute Gasteiger partial charge is 0.459 e. The van der Waals surface area contributed by atoms with Gasteiger partial charge in [-0.15, -0.1) is 0 Å². The summed E-state index contributed by atoms with van der Waals surface area (Å²) in [4.78, 5) is 50.3. The summed E-state index contributed by atoms with van der Waals surface area (Å²) in [6.07, 6.45) is 0.0850. The van der Waals surface area contributed by atoms with Crippen molar-refractivity contribution in [2.24, 2.45) is 17.4 Å². The molecule has 3 aromatic carbocycles. The molecular formula is C29H29N3O5. The molecular weight excluding hydrogens is 470 g/mol. The number of ether oxygens (including phenoxy) is 1. The Hall–Kier alpha value is -4.30. The number of Topliss-reactive ketones (excluding diaryl/α,β-unsaturated/α-hetero) is 1. The number of esters is 1. The van der Waals surface area contributed by atoms with Crippen LogP contribution in [0.2, 0.25) is 0 Å². The number of nitrogens with one attached hydrogen (secondary N) is 1. The number of ketones is 1. The smallest absolute Gasteiger partial charge is 0.376 e. The van der Waals surface area contributed by atoms with Crippen molar-refractivity contribution in [2.45, 2.75) is 31.3 Å². The molecule has 0 bridgehead atoms. The topological polar surface area (TPSA) is 142 Å². The van der Waals surface area contributed by atoms with Crippen LogP contribution in [0.1, 0.15) is 29.5 Å². The highest BCUT2D eigenvalue weighted by molar-refractivity contribution is 6.36. The van der Waals surface area contributed by atoms with E-state index in [0.29, 0.717) is 0 Å². The summed E-state index contributed by atoms with van der Waals surface area (Å²) in [5.74, 6) is -4.84. The van der Waals surface area contributed by atoms with Gasteiger partial charge in [0, 0.05) is 5.92 Å². The van der Waals surface area contributed by atoms with Crippen molar-refractivity contribution in [3.05, 3.63) is 95.6 Å². The molecule has 37 heavy (non-hydrogen) atoms. The van der Waals surface area contributed by atoms with E-state index in [0.717, 1.165) is 27.8 Å². The van der Waals surface area contributed by atoms with E-state index in [1.165, 1.54) is 6.92 Å². The van der Waals surface area contributed by atoms with Crippen LogP contribution in [0, 0.1) is 5.92 Å². The maximum absolute atomic E-state index is 13.0. The summed E-state index contributed by atoms with van der Waals surface area (Å²) < 4.78 is 5.45. The van der Waals surface area contributed by atoms with Crippen LogP contribution < -0.4 is 16.8 Å². The second kappa shape index (κ2) is 11.2. The Labute approximate surface area is 215 Å². The number of amides is 2. The number of carbonyl (C=O) groups is 4. The van der Waals surface area contributed by atoms with Gasteiger partial charge in [-0.1, -0.05) is 78.9 Å². The molecule has 1 aliphatic rings. The molecule has 0 aliphatic heterocycles. The van der Waals surface area contributed by atoms with E-state index in [1.54, 1.807) is 24.3 Å². The molecule has 3 atom stereocenters. The minimum Gasteiger partial charge on any atom is -0.459 e. The normalized spacial score (nSPS) is 14.5. The minimum absolute atomic E-state index is 0.0421. The number of rotatable bonds is 10. The van der Waals surface area contributed by atoms with Crippen LogP contribution in [-0.4, -0.2) is 42.3 Å². The third-order valence-electron chi connectivity index (χ3n) is 6.70. The summed E-state index contributed by atoms with van der Waals surface area (Å²) >= 11 is 0. The van der Waals surface area contributed by atoms with Crippen molar-refractivity contribution >= 4 is 23.6 Å². The van der Waals surface area contributed by atoms with Crippen LogP contribution in [-0.2, 0) is 30.3 Å². The van der Waals surface area contributed by atoms with E-state index >= 15 is 0 Å². The standard InChI is InChI=1S/C29H29N3O5/c1-17(27(31)34)32-28(35)23(15-18-9-3-2-4-10-18)25(30)26(33)29(36)37-16-24-21-13-7-5-11-19(21)20-12-6-8-14-22(20)24/h2-14,17,23-25H,15-16,30H2,1H3,(H2,31,34)(H,32,35)/t17-,23?,25+/m1/s1. The maximum atomic E-state index is 13.0. The molecule has 1 aliphatic carbocycles. The molecule has 8 heteroatoms. The molecule has 0 aromatic heterocycles. The van der Waals surface area contributed by atoms with Gasteiger partial charge in [0.2, 0.25) is 11.8 Å². The number of nitrogens with two attached hydrogens (primary N) is 2. The van der Waals surface area contributed by atoms with E-state index in [2.05, 4.69) is 5.32 Å². The van der Waals surface area contributed by atoms with Crippen molar-refractivity contribution < 1.29 is 23.9 Å². The molecule has 3 aromatic rings. The third-order valence-corrected chi connectivity index (χ3v) is 6.70. The van der Waals surface area contributed by atoms with E-state index in [-0.39, 0.29) is 18.9 Å². The quantitative estimate of drug-likeness (QED) is 0.288. The van der Waals surface area contributed by atoms with Gasteiger partial charge in [-0.3, -0.25) is 14.4 Å². The Balaban J connectivity index is 1.48. The second-order valence-electron chi connectivity index (χ2n) is 9.14. The molecule has 5 N–H and O–H groups in total. The minimum atomic E-state index is -1.48. The fourth-order valence-corrected chi connectivity index (χ4v) is 4.63. The first-order valence-corrected chi connectivity index (χ1v) is 12.1. The lowest BCUT2D eigenvalue weighted by Crippen LogP contribution is -2.53. The zero-order chi connectivity index (χ0) is 26.5. The first kappa shape index (κ1) is 25.8. The van der Waals surface area contributed by atoms with Gasteiger partial charge in [-0.05, 0) is 41.2 Å². The monoisotopic (exact) mass is 499 g/mol. The number of primary amides is 1. The highest BCUT2D eigenvalue weighted by Gasteiger charge is 2.37. The second-order valence-corrected chi connectivity index (χ2v) is 9.14. The van der Waals surface area contributed by atoms with Gasteiger partial charge in [-0.2, -0.15) is 0 Å². The molecule has 0 spiro atoms. The van der Waals surface area contributed by atoms with E-state index in [1.807, 2.05) is 54.6 Å². The Kier molecular flexibility index (Phi) is 7.79. The van der Waals surface area contributed by atoms with Gasteiger partial charge >= 0.3 is 5.97 Å². The summed E-state index contributed by atoms with van der Waals surface area (Å²) in [6.45, 7) is 1.39. The Bertz CT molecular complexity index is 1280. The molecule has 1 unspecified atom stereocenters. The Morgan fingerprint density at radius 3 is 1.97 bits per heavy atom. The lowest BCUT2D eigenvalue weighted by atomic mass is 9.89. The van der Waals surface area contributed by atoms with Gasteiger partial charge in [0.25, 0.3) is 5.78 Å². The first-order valence-electron chi connectivity index (χ1n) is 12.1. The summed E-state index contributed by atoms with van der Waals surface area (Å²) in [5.41, 5.74) is 16.3. The van der Waals surface area contributed by atoms with Crippen LogP contribution in [0.25, 0.3) is 11.1 Å². The van der Waals surface area contributed by atoms with Crippen LogP contribution >= 0.6 is 0 Å². The van der Waals surface area contributed by atoms with Crippen LogP contribution in [0.15, 0.2) is 78.9 Å². The summed E-state index contributed by atoms with van der Waals surface area (Å²) in [6, 6.07) is 22.2. The van der Waals surface area contributed by atoms with E-state index < -0.39 is 41.6 Å². The molecule has 4 rings (SSSR count). The fraction of sp³-hybridized carbons (Fsp3) is 0.241. The summed E-state index contributed by atoms with van der Waals surface area (Å²) in [7, 11) is 0. The average molecular weight is 500 g/mol. The van der Waals surface area contributed by atoms with Gasteiger partial charge in [-0.25, -0.2) is 4.79 Å². The van der Waals surface area contributed by atoms with Gasteiger partial charge in [0.05, 0.1) is 12.0 Å². The van der Waals surface area contributed by atoms with Gasteiger partial charge in [0.15, 0.2) is 0 Å². The van der Waals surface area contributed by atoms with Crippen molar-refractivity contribution in [3.63, 3.8) is 0 Å². The van der Waals surface area contributed by atoms with Crippen molar-refractivity contribution in [3.8, 4) is 11.1 Å². The predicted molar refractivity (Wildman–Crippen MR) is 138 cm³/mol. The van der Waals surface area contributed by atoms with Crippen molar-refractivity contribution in [1.29, 1.82) is 0 Å². The number of carbonyl (C=O) groups excluding carboxylic acids is 4. The lowest BCUT2D eigenvalue weighted by molar-refractivity contribution is -0.155.